The van der Waals surface area contributed by atoms with Crippen LogP contribution in [0, 0.1) is 0 Å². The van der Waals surface area contributed by atoms with Crippen LogP contribution in [0.1, 0.15) is 68.4 Å². The van der Waals surface area contributed by atoms with Crippen molar-refractivity contribution in [3.05, 3.63) is 129 Å². The molecular formula is C37H43N2+. The molecule has 0 aromatic heterocycles. The van der Waals surface area contributed by atoms with Crippen LogP contribution in [0.5, 0.6) is 0 Å². The molecule has 0 atom stereocenters. The minimum absolute atomic E-state index is 1.02. The van der Waals surface area contributed by atoms with Crippen molar-refractivity contribution in [1.82, 2.24) is 4.58 Å². The lowest BCUT2D eigenvalue weighted by Gasteiger charge is -2.21. The first kappa shape index (κ1) is 26.9. The van der Waals surface area contributed by atoms with E-state index in [9.17, 15) is 0 Å². The van der Waals surface area contributed by atoms with Crippen LogP contribution >= 0.6 is 0 Å². The van der Waals surface area contributed by atoms with Gasteiger partial charge in [0.15, 0.2) is 0 Å². The SMILES string of the molecule is CCCC[N+]1=c2ccc(=C(c3ccc(CC)cc3)c3ccc(N(CC)CC)cc3)cc2CCc2ccccc21. The quantitative estimate of drug-likeness (QED) is 0.216. The minimum Gasteiger partial charge on any atom is -0.372 e. The Bertz CT molecular complexity index is 1520. The van der Waals surface area contributed by atoms with E-state index in [4.69, 9.17) is 0 Å². The van der Waals surface area contributed by atoms with E-state index in [1.165, 1.54) is 68.2 Å². The minimum atomic E-state index is 1.02. The third kappa shape index (κ3) is 5.71. The molecule has 39 heavy (non-hydrogen) atoms. The molecule has 2 heteroatoms. The zero-order valence-electron chi connectivity index (χ0n) is 24.2. The maximum Gasteiger partial charge on any atom is 0.208 e. The molecule has 5 rings (SSSR count). The number of benzene rings is 4. The van der Waals surface area contributed by atoms with Gasteiger partial charge in [0.1, 0.15) is 6.54 Å². The second-order valence-corrected chi connectivity index (χ2v) is 10.6. The van der Waals surface area contributed by atoms with Gasteiger partial charge in [-0.15, -0.1) is 0 Å². The predicted molar refractivity (Wildman–Crippen MR) is 168 cm³/mol. The van der Waals surface area contributed by atoms with Gasteiger partial charge in [-0.3, -0.25) is 0 Å². The molecule has 200 valence electrons. The molecule has 1 aliphatic rings. The molecule has 0 saturated carbocycles. The Balaban J connectivity index is 1.72. The number of anilines is 1. The van der Waals surface area contributed by atoms with Crippen molar-refractivity contribution in [1.29, 1.82) is 0 Å². The van der Waals surface area contributed by atoms with Gasteiger partial charge in [-0.25, -0.2) is 0 Å². The molecule has 1 aliphatic heterocycles. The van der Waals surface area contributed by atoms with Crippen molar-refractivity contribution in [2.24, 2.45) is 0 Å². The molecule has 0 aliphatic carbocycles. The van der Waals surface area contributed by atoms with Crippen LogP contribution in [0.2, 0.25) is 0 Å². The number of nitrogens with zero attached hydrogens (tertiary/aromatic N) is 2. The highest BCUT2D eigenvalue weighted by Crippen LogP contribution is 2.25. The highest BCUT2D eigenvalue weighted by Gasteiger charge is 2.21. The van der Waals surface area contributed by atoms with Crippen molar-refractivity contribution < 1.29 is 0 Å². The zero-order chi connectivity index (χ0) is 27.2. The Morgan fingerprint density at radius 3 is 2.05 bits per heavy atom. The standard InChI is InChI=1S/C37H43N2/c1-5-9-26-39-35-13-11-10-12-29(35)18-19-32-27-33(22-25-36(32)39)37(30-16-14-28(6-2)15-17-30)31-20-23-34(24-21-31)38(7-3)8-4/h10-17,20-25,27H,5-9,18-19,26H2,1-4H3/q+1. The highest BCUT2D eigenvalue weighted by molar-refractivity contribution is 5.80. The summed E-state index contributed by atoms with van der Waals surface area (Å²) in [5.74, 6) is 0. The lowest BCUT2D eigenvalue weighted by atomic mass is 9.93. The maximum absolute atomic E-state index is 2.57. The summed E-state index contributed by atoms with van der Waals surface area (Å²) in [5.41, 5.74) is 10.8. The Kier molecular flexibility index (Phi) is 8.61. The molecule has 0 unspecified atom stereocenters. The number of hydrogen-bond acceptors (Lipinski definition) is 1. The van der Waals surface area contributed by atoms with E-state index in [-0.39, 0.29) is 0 Å². The summed E-state index contributed by atoms with van der Waals surface area (Å²) in [6.07, 6.45) is 5.58. The van der Waals surface area contributed by atoms with Crippen molar-refractivity contribution in [2.45, 2.75) is 59.8 Å². The molecule has 0 spiro atoms. The van der Waals surface area contributed by atoms with Crippen LogP contribution in [0.3, 0.4) is 0 Å². The Hall–Kier alpha value is -3.65. The van der Waals surface area contributed by atoms with Crippen LogP contribution in [-0.2, 0) is 19.3 Å². The van der Waals surface area contributed by atoms with E-state index < -0.39 is 0 Å². The van der Waals surface area contributed by atoms with Gasteiger partial charge in [-0.1, -0.05) is 74.9 Å². The highest BCUT2D eigenvalue weighted by atomic mass is 15.1. The summed E-state index contributed by atoms with van der Waals surface area (Å²) in [7, 11) is 0. The van der Waals surface area contributed by atoms with E-state index in [1.807, 2.05) is 0 Å². The molecule has 0 radical (unpaired) electrons. The number of unbranched alkanes of at least 4 members (excludes halogenated alkanes) is 1. The predicted octanol–water partition coefficient (Wildman–Crippen LogP) is 7.06. The van der Waals surface area contributed by atoms with E-state index in [1.54, 1.807) is 0 Å². The van der Waals surface area contributed by atoms with Crippen LogP contribution in [0.15, 0.2) is 91.0 Å². The van der Waals surface area contributed by atoms with Crippen molar-refractivity contribution in [2.75, 3.05) is 24.5 Å². The largest absolute Gasteiger partial charge is 0.372 e. The molecule has 2 nitrogen and oxygen atoms in total. The van der Waals surface area contributed by atoms with Crippen molar-refractivity contribution in [3.8, 4) is 0 Å². The molecule has 4 aromatic carbocycles. The van der Waals surface area contributed by atoms with Gasteiger partial charge in [0, 0.05) is 48.5 Å². The molecule has 0 bridgehead atoms. The van der Waals surface area contributed by atoms with E-state index in [0.717, 1.165) is 38.9 Å². The molecule has 0 amide bonds. The molecule has 1 heterocycles. The fraction of sp³-hybridized carbons (Fsp3) is 0.324. The molecule has 0 saturated heterocycles. The molecule has 0 N–H and O–H groups in total. The van der Waals surface area contributed by atoms with Gasteiger partial charge < -0.3 is 4.90 Å². The van der Waals surface area contributed by atoms with E-state index >= 15 is 0 Å². The summed E-state index contributed by atoms with van der Waals surface area (Å²) < 4.78 is 2.57. The number of para-hydroxylation sites is 1. The molecule has 4 aromatic rings. The van der Waals surface area contributed by atoms with Gasteiger partial charge in [-0.05, 0) is 84.9 Å². The second kappa shape index (κ2) is 12.5. The summed E-state index contributed by atoms with van der Waals surface area (Å²) in [5, 5.41) is 2.67. The number of aryl methyl sites for hydroxylation is 3. The maximum atomic E-state index is 2.57. The van der Waals surface area contributed by atoms with Gasteiger partial charge in [-0.2, -0.15) is 4.58 Å². The lowest BCUT2D eigenvalue weighted by molar-refractivity contribution is 0.659. The Labute approximate surface area is 235 Å². The Morgan fingerprint density at radius 2 is 1.38 bits per heavy atom. The number of rotatable bonds is 9. The third-order valence-corrected chi connectivity index (χ3v) is 8.28. The fourth-order valence-electron chi connectivity index (χ4n) is 5.98. The average molecular weight is 516 g/mol. The summed E-state index contributed by atoms with van der Waals surface area (Å²) in [6.45, 7) is 12.1. The van der Waals surface area contributed by atoms with E-state index in [0.29, 0.717) is 0 Å². The lowest BCUT2D eigenvalue weighted by Crippen LogP contribution is -2.30. The summed E-state index contributed by atoms with van der Waals surface area (Å²) in [4.78, 5) is 2.41. The topological polar surface area (TPSA) is 6.25 Å². The number of hydrogen-bond donors (Lipinski definition) is 0. The van der Waals surface area contributed by atoms with Crippen molar-refractivity contribution >= 4 is 16.9 Å². The third-order valence-electron chi connectivity index (χ3n) is 8.28. The smallest absolute Gasteiger partial charge is 0.208 e. The molecular weight excluding hydrogens is 472 g/mol. The first-order valence-electron chi connectivity index (χ1n) is 15.0. The first-order valence-corrected chi connectivity index (χ1v) is 15.0. The average Bonchev–Trinajstić information content (AvgIpc) is 3.14. The normalized spacial score (nSPS) is 13.4. The van der Waals surface area contributed by atoms with Crippen LogP contribution in [-0.4, -0.2) is 19.6 Å². The summed E-state index contributed by atoms with van der Waals surface area (Å²) in [6, 6.07) is 34.6. The van der Waals surface area contributed by atoms with Crippen LogP contribution in [0.25, 0.3) is 5.57 Å². The zero-order valence-corrected chi connectivity index (χ0v) is 24.2. The molecule has 0 fully saturated rings. The van der Waals surface area contributed by atoms with Gasteiger partial charge in [0.2, 0.25) is 11.0 Å². The van der Waals surface area contributed by atoms with Crippen molar-refractivity contribution in [3.63, 3.8) is 0 Å². The van der Waals surface area contributed by atoms with Gasteiger partial charge in [0.25, 0.3) is 0 Å². The van der Waals surface area contributed by atoms with Gasteiger partial charge >= 0.3 is 0 Å². The summed E-state index contributed by atoms with van der Waals surface area (Å²) >= 11 is 0. The Morgan fingerprint density at radius 1 is 0.718 bits per heavy atom. The monoisotopic (exact) mass is 515 g/mol. The fourth-order valence-corrected chi connectivity index (χ4v) is 5.98. The van der Waals surface area contributed by atoms with Crippen LogP contribution < -0.4 is 20.1 Å². The van der Waals surface area contributed by atoms with Crippen LogP contribution in [0.4, 0.5) is 11.4 Å². The first-order chi connectivity index (χ1) is 19.2. The second-order valence-electron chi connectivity index (χ2n) is 10.6. The van der Waals surface area contributed by atoms with Gasteiger partial charge in [0.05, 0.1) is 0 Å². The van der Waals surface area contributed by atoms with E-state index in [2.05, 4.69) is 128 Å². The number of fused-ring (bicyclic) bond motifs is 2.